The Kier molecular flexibility index (Phi) is 5.90. The molecule has 2 fully saturated rings. The number of methoxy groups -OCH3 is 1. The van der Waals surface area contributed by atoms with Crippen molar-refractivity contribution in [2.45, 2.75) is 19.3 Å². The Morgan fingerprint density at radius 2 is 1.61 bits per heavy atom. The average molecular weight is 443 g/mol. The number of hydrogen-bond donors (Lipinski definition) is 1. The Labute approximate surface area is 195 Å². The summed E-state index contributed by atoms with van der Waals surface area (Å²) in [4.78, 5) is 21.9. The van der Waals surface area contributed by atoms with E-state index in [1.807, 2.05) is 24.4 Å². The molecule has 0 radical (unpaired) electrons. The molecule has 0 bridgehead atoms. The van der Waals surface area contributed by atoms with E-state index in [-0.39, 0.29) is 5.91 Å². The largest absolute Gasteiger partial charge is 0.497 e. The van der Waals surface area contributed by atoms with Gasteiger partial charge in [-0.15, -0.1) is 0 Å². The number of piperidine rings is 1. The van der Waals surface area contributed by atoms with Crippen LogP contribution >= 0.6 is 0 Å². The summed E-state index contributed by atoms with van der Waals surface area (Å²) < 4.78 is 5.15. The number of hydrogen-bond acceptors (Lipinski definition) is 5. The molecule has 2 aromatic carbocycles. The van der Waals surface area contributed by atoms with E-state index in [9.17, 15) is 4.79 Å². The fourth-order valence-electron chi connectivity index (χ4n) is 5.02. The summed E-state index contributed by atoms with van der Waals surface area (Å²) in [5, 5.41) is 2.98. The highest BCUT2D eigenvalue weighted by molar-refractivity contribution is 6.04. The van der Waals surface area contributed by atoms with Crippen molar-refractivity contribution in [3.8, 4) is 5.75 Å². The molecule has 0 saturated carbocycles. The molecule has 33 heavy (non-hydrogen) atoms. The second kappa shape index (κ2) is 9.14. The molecule has 1 N–H and O–H groups in total. The minimum absolute atomic E-state index is 0.121. The summed E-state index contributed by atoms with van der Waals surface area (Å²) in [7, 11) is 1.61. The minimum Gasteiger partial charge on any atom is -0.497 e. The quantitative estimate of drug-likeness (QED) is 0.613. The van der Waals surface area contributed by atoms with Crippen LogP contribution in [-0.2, 0) is 0 Å². The molecule has 1 spiro atoms. The van der Waals surface area contributed by atoms with Gasteiger partial charge in [0.25, 0.3) is 5.91 Å². The number of ether oxygens (including phenoxy) is 1. The zero-order valence-corrected chi connectivity index (χ0v) is 19.0. The molecule has 1 aromatic heterocycles. The van der Waals surface area contributed by atoms with Crippen molar-refractivity contribution < 1.29 is 9.53 Å². The topological polar surface area (TPSA) is 57.7 Å². The van der Waals surface area contributed by atoms with Gasteiger partial charge in [-0.1, -0.05) is 6.07 Å². The van der Waals surface area contributed by atoms with Crippen LogP contribution in [0.1, 0.15) is 29.6 Å². The summed E-state index contributed by atoms with van der Waals surface area (Å²) in [5.41, 5.74) is 3.03. The lowest BCUT2D eigenvalue weighted by atomic mass is 9.77. The summed E-state index contributed by atoms with van der Waals surface area (Å²) in [6.45, 7) is 4.33. The fourth-order valence-corrected chi connectivity index (χ4v) is 5.02. The van der Waals surface area contributed by atoms with Crippen LogP contribution in [0.25, 0.3) is 0 Å². The number of carbonyl (C=O) groups is 1. The van der Waals surface area contributed by atoms with E-state index >= 15 is 0 Å². The third-order valence-electron chi connectivity index (χ3n) is 7.08. The Morgan fingerprint density at radius 3 is 2.24 bits per heavy atom. The predicted octanol–water partition coefficient (Wildman–Crippen LogP) is 4.84. The maximum absolute atomic E-state index is 12.5. The van der Waals surface area contributed by atoms with Gasteiger partial charge >= 0.3 is 0 Å². The van der Waals surface area contributed by atoms with Crippen molar-refractivity contribution in [3.05, 3.63) is 78.5 Å². The first-order valence-corrected chi connectivity index (χ1v) is 11.6. The number of rotatable bonds is 5. The number of carbonyl (C=O) groups excluding carboxylic acids is 1. The first-order chi connectivity index (χ1) is 16.1. The van der Waals surface area contributed by atoms with E-state index < -0.39 is 0 Å². The lowest BCUT2D eigenvalue weighted by Crippen LogP contribution is -2.41. The van der Waals surface area contributed by atoms with E-state index in [2.05, 4.69) is 44.4 Å². The number of nitrogens with one attached hydrogen (secondary N) is 1. The first-order valence-electron chi connectivity index (χ1n) is 11.6. The molecule has 0 atom stereocenters. The lowest BCUT2D eigenvalue weighted by molar-refractivity contribution is 0.102. The minimum atomic E-state index is -0.121. The van der Waals surface area contributed by atoms with Crippen molar-refractivity contribution in [2.24, 2.45) is 5.41 Å². The van der Waals surface area contributed by atoms with Crippen LogP contribution in [0.2, 0.25) is 0 Å². The average Bonchev–Trinajstić information content (AvgIpc) is 3.29. The Morgan fingerprint density at radius 1 is 0.909 bits per heavy atom. The number of aromatic nitrogens is 1. The summed E-state index contributed by atoms with van der Waals surface area (Å²) in [6, 6.07) is 21.5. The highest BCUT2D eigenvalue weighted by Crippen LogP contribution is 2.42. The SMILES string of the molecule is COc1ccc(C(=O)Nc2ccc(N3CCC4(CC3)CCN(c3ccccn3)C4)cc2)cc1. The number of amides is 1. The smallest absolute Gasteiger partial charge is 0.255 e. The van der Waals surface area contributed by atoms with Gasteiger partial charge in [-0.3, -0.25) is 4.79 Å². The molecule has 170 valence electrons. The number of nitrogens with zero attached hydrogens (tertiary/aromatic N) is 3. The molecule has 1 amide bonds. The number of pyridine rings is 1. The molecular weight excluding hydrogens is 412 g/mol. The normalized spacial score (nSPS) is 17.2. The van der Waals surface area contributed by atoms with E-state index in [4.69, 9.17) is 4.74 Å². The zero-order valence-electron chi connectivity index (χ0n) is 19.0. The maximum Gasteiger partial charge on any atom is 0.255 e. The van der Waals surface area contributed by atoms with Crippen molar-refractivity contribution >= 4 is 23.1 Å². The highest BCUT2D eigenvalue weighted by Gasteiger charge is 2.40. The van der Waals surface area contributed by atoms with Gasteiger partial charge in [-0.2, -0.15) is 0 Å². The van der Waals surface area contributed by atoms with Gasteiger partial charge in [0.15, 0.2) is 0 Å². The number of benzene rings is 2. The van der Waals surface area contributed by atoms with Crippen LogP contribution < -0.4 is 19.9 Å². The molecule has 2 saturated heterocycles. The van der Waals surface area contributed by atoms with Gasteiger partial charge in [0, 0.05) is 49.3 Å². The van der Waals surface area contributed by atoms with Crippen molar-refractivity contribution in [2.75, 3.05) is 48.4 Å². The Balaban J connectivity index is 1.16. The molecule has 3 heterocycles. The highest BCUT2D eigenvalue weighted by atomic mass is 16.5. The first kappa shape index (κ1) is 21.3. The van der Waals surface area contributed by atoms with Gasteiger partial charge in [0.2, 0.25) is 0 Å². The molecule has 0 aliphatic carbocycles. The Bertz CT molecular complexity index is 1080. The second-order valence-corrected chi connectivity index (χ2v) is 9.08. The second-order valence-electron chi connectivity index (χ2n) is 9.08. The molecule has 6 heteroatoms. The monoisotopic (exact) mass is 442 g/mol. The maximum atomic E-state index is 12.5. The lowest BCUT2D eigenvalue weighted by Gasteiger charge is -2.40. The molecule has 0 unspecified atom stereocenters. The molecule has 2 aliphatic rings. The Hall–Kier alpha value is -3.54. The molecule has 3 aromatic rings. The zero-order chi connectivity index (χ0) is 22.7. The van der Waals surface area contributed by atoms with E-state index in [0.717, 1.165) is 43.4 Å². The number of anilines is 3. The van der Waals surface area contributed by atoms with Crippen molar-refractivity contribution in [3.63, 3.8) is 0 Å². The van der Waals surface area contributed by atoms with Crippen LogP contribution in [0.5, 0.6) is 5.75 Å². The molecular formula is C27H30N4O2. The molecule has 5 rings (SSSR count). The van der Waals surface area contributed by atoms with E-state index in [1.54, 1.807) is 31.4 Å². The van der Waals surface area contributed by atoms with Gasteiger partial charge in [0.1, 0.15) is 11.6 Å². The van der Waals surface area contributed by atoms with Crippen molar-refractivity contribution in [1.29, 1.82) is 0 Å². The van der Waals surface area contributed by atoms with Crippen LogP contribution in [0.4, 0.5) is 17.2 Å². The fraction of sp³-hybridized carbons (Fsp3) is 0.333. The van der Waals surface area contributed by atoms with Gasteiger partial charge < -0.3 is 19.9 Å². The van der Waals surface area contributed by atoms with Crippen molar-refractivity contribution in [1.82, 2.24) is 4.98 Å². The summed E-state index contributed by atoms with van der Waals surface area (Å²) in [6.07, 6.45) is 5.53. The summed E-state index contributed by atoms with van der Waals surface area (Å²) in [5.74, 6) is 1.72. The van der Waals surface area contributed by atoms with Gasteiger partial charge in [-0.25, -0.2) is 4.98 Å². The van der Waals surface area contributed by atoms with Crippen LogP contribution in [0, 0.1) is 5.41 Å². The molecule has 6 nitrogen and oxygen atoms in total. The van der Waals surface area contributed by atoms with Crippen LogP contribution in [-0.4, -0.2) is 44.2 Å². The summed E-state index contributed by atoms with van der Waals surface area (Å²) >= 11 is 0. The van der Waals surface area contributed by atoms with E-state index in [0.29, 0.717) is 11.0 Å². The van der Waals surface area contributed by atoms with Gasteiger partial charge in [0.05, 0.1) is 7.11 Å². The third-order valence-corrected chi connectivity index (χ3v) is 7.08. The standard InChI is InChI=1S/C27H30N4O2/c1-33-24-11-5-21(6-12-24)26(32)29-22-7-9-23(10-8-22)30-17-13-27(14-18-30)15-19-31(20-27)25-4-2-3-16-28-25/h2-12,16H,13-15,17-20H2,1H3,(H,29,32). The van der Waals surface area contributed by atoms with E-state index in [1.165, 1.54) is 24.9 Å². The third kappa shape index (κ3) is 4.65. The van der Waals surface area contributed by atoms with Gasteiger partial charge in [-0.05, 0) is 85.3 Å². The van der Waals surface area contributed by atoms with Crippen LogP contribution in [0.15, 0.2) is 72.9 Å². The molecule has 2 aliphatic heterocycles. The van der Waals surface area contributed by atoms with Crippen LogP contribution in [0.3, 0.4) is 0 Å². The predicted molar refractivity (Wildman–Crippen MR) is 132 cm³/mol.